The standard InChI is InChI=1S/C41H69N5O9/c1-13-27(8)35(38(51)46-34(26(6)7)39(52)54-12)44-32(48)21-17-20-31(47)29(23-28-18-15-14-16-19-28)42-37(50)33(25(4)5)45-36(49)30(22-24(2)3)43-40(53)55-41(9,10)11/h14-16,18-19,24-27,29-31,33-35,47H,13,17,20-23H2,1-12H3,(H,42,50)(H,43,53)(H,44,48)(H,45,49)(H,46,51). The van der Waals surface area contributed by atoms with Crippen LogP contribution in [-0.4, -0.2) is 89.8 Å². The first-order valence-electron chi connectivity index (χ1n) is 19.6. The molecule has 0 aromatic heterocycles. The molecule has 0 aliphatic carbocycles. The highest BCUT2D eigenvalue weighted by Gasteiger charge is 2.34. The van der Waals surface area contributed by atoms with Gasteiger partial charge >= 0.3 is 12.1 Å². The van der Waals surface area contributed by atoms with Crippen molar-refractivity contribution in [3.05, 3.63) is 35.9 Å². The molecule has 0 aliphatic heterocycles. The van der Waals surface area contributed by atoms with E-state index in [4.69, 9.17) is 9.47 Å². The number of ether oxygens (including phenoxy) is 2. The predicted octanol–water partition coefficient (Wildman–Crippen LogP) is 4.17. The van der Waals surface area contributed by atoms with Crippen molar-refractivity contribution in [3.8, 4) is 0 Å². The van der Waals surface area contributed by atoms with Crippen LogP contribution in [0.5, 0.6) is 0 Å². The molecule has 55 heavy (non-hydrogen) atoms. The van der Waals surface area contributed by atoms with Crippen LogP contribution in [0.25, 0.3) is 0 Å². The molecule has 1 aromatic carbocycles. The molecule has 312 valence electrons. The number of rotatable bonds is 22. The normalized spacial score (nSPS) is 15.5. The Labute approximate surface area is 328 Å². The third-order valence-corrected chi connectivity index (χ3v) is 9.19. The molecular weight excluding hydrogens is 706 g/mol. The molecule has 5 amide bonds. The molecule has 6 N–H and O–H groups in total. The van der Waals surface area contributed by atoms with E-state index in [1.807, 2.05) is 58.0 Å². The van der Waals surface area contributed by atoms with Gasteiger partial charge in [0, 0.05) is 6.42 Å². The Morgan fingerprint density at radius 2 is 1.31 bits per heavy atom. The zero-order chi connectivity index (χ0) is 42.0. The van der Waals surface area contributed by atoms with Crippen LogP contribution in [-0.2, 0) is 39.9 Å². The summed E-state index contributed by atoms with van der Waals surface area (Å²) in [4.78, 5) is 78.6. The monoisotopic (exact) mass is 776 g/mol. The first-order chi connectivity index (χ1) is 25.6. The van der Waals surface area contributed by atoms with Crippen molar-refractivity contribution in [1.82, 2.24) is 26.6 Å². The second kappa shape index (κ2) is 23.7. The molecule has 0 saturated heterocycles. The molecule has 1 aromatic rings. The Morgan fingerprint density at radius 1 is 0.745 bits per heavy atom. The fourth-order valence-electron chi connectivity index (χ4n) is 5.85. The van der Waals surface area contributed by atoms with Gasteiger partial charge in [-0.1, -0.05) is 92.1 Å². The number of alkyl carbamates (subject to hydrolysis) is 1. The Morgan fingerprint density at radius 3 is 1.82 bits per heavy atom. The number of methoxy groups -OCH3 is 1. The summed E-state index contributed by atoms with van der Waals surface area (Å²) in [6.07, 6.45) is -0.217. The van der Waals surface area contributed by atoms with Crippen molar-refractivity contribution in [2.45, 2.75) is 157 Å². The van der Waals surface area contributed by atoms with Gasteiger partial charge in [0.25, 0.3) is 0 Å². The van der Waals surface area contributed by atoms with E-state index in [-0.39, 0.29) is 49.4 Å². The van der Waals surface area contributed by atoms with Crippen LogP contribution in [0.15, 0.2) is 30.3 Å². The Balaban J connectivity index is 3.10. The molecule has 0 aliphatic rings. The summed E-state index contributed by atoms with van der Waals surface area (Å²) in [6.45, 7) is 19.9. The molecule has 0 radical (unpaired) electrons. The van der Waals surface area contributed by atoms with E-state index in [9.17, 15) is 33.9 Å². The van der Waals surface area contributed by atoms with Gasteiger partial charge < -0.3 is 41.2 Å². The van der Waals surface area contributed by atoms with Gasteiger partial charge in [0.05, 0.1) is 19.3 Å². The average molecular weight is 776 g/mol. The highest BCUT2D eigenvalue weighted by atomic mass is 16.6. The number of hydrogen-bond donors (Lipinski definition) is 6. The van der Waals surface area contributed by atoms with Crippen LogP contribution >= 0.6 is 0 Å². The first kappa shape index (κ1) is 48.8. The topological polar surface area (TPSA) is 201 Å². The van der Waals surface area contributed by atoms with Gasteiger partial charge in [-0.25, -0.2) is 9.59 Å². The van der Waals surface area contributed by atoms with Gasteiger partial charge in [0.15, 0.2) is 0 Å². The van der Waals surface area contributed by atoms with E-state index in [1.165, 1.54) is 7.11 Å². The number of amides is 5. The van der Waals surface area contributed by atoms with Crippen molar-refractivity contribution in [1.29, 1.82) is 0 Å². The van der Waals surface area contributed by atoms with Gasteiger partial charge in [-0.3, -0.25) is 19.2 Å². The molecule has 7 unspecified atom stereocenters. The van der Waals surface area contributed by atoms with Crippen LogP contribution in [0, 0.1) is 23.7 Å². The van der Waals surface area contributed by atoms with Gasteiger partial charge in [-0.05, 0) is 75.7 Å². The third kappa shape index (κ3) is 18.3. The Kier molecular flexibility index (Phi) is 21.0. The summed E-state index contributed by atoms with van der Waals surface area (Å²) in [7, 11) is 1.25. The minimum atomic E-state index is -1.07. The van der Waals surface area contributed by atoms with E-state index in [0.29, 0.717) is 12.8 Å². The summed E-state index contributed by atoms with van der Waals surface area (Å²) in [5.74, 6) is -3.25. The van der Waals surface area contributed by atoms with Crippen molar-refractivity contribution in [2.24, 2.45) is 23.7 Å². The largest absolute Gasteiger partial charge is 0.467 e. The molecule has 0 saturated carbocycles. The minimum Gasteiger partial charge on any atom is -0.467 e. The van der Waals surface area contributed by atoms with Crippen molar-refractivity contribution in [2.75, 3.05) is 7.11 Å². The molecule has 0 fully saturated rings. The van der Waals surface area contributed by atoms with E-state index < -0.39 is 77.6 Å². The quantitative estimate of drug-likeness (QED) is 0.0936. The maximum absolute atomic E-state index is 13.8. The summed E-state index contributed by atoms with van der Waals surface area (Å²) in [5.41, 5.74) is 0.0978. The third-order valence-electron chi connectivity index (χ3n) is 9.19. The number of aliphatic hydroxyl groups is 1. The smallest absolute Gasteiger partial charge is 0.408 e. The average Bonchev–Trinajstić information content (AvgIpc) is 3.09. The Bertz CT molecular complexity index is 1380. The number of aliphatic hydroxyl groups excluding tert-OH is 1. The van der Waals surface area contributed by atoms with Crippen LogP contribution in [0.2, 0.25) is 0 Å². The summed E-state index contributed by atoms with van der Waals surface area (Å²) < 4.78 is 10.2. The molecule has 7 atom stereocenters. The second-order valence-electron chi connectivity index (χ2n) is 16.5. The minimum absolute atomic E-state index is 0.000449. The van der Waals surface area contributed by atoms with E-state index in [2.05, 4.69) is 26.6 Å². The summed E-state index contributed by atoms with van der Waals surface area (Å²) >= 11 is 0. The molecule has 14 nitrogen and oxygen atoms in total. The number of carbonyl (C=O) groups excluding carboxylic acids is 6. The molecule has 0 spiro atoms. The Hall–Kier alpha value is -4.20. The maximum atomic E-state index is 13.8. The lowest BCUT2D eigenvalue weighted by molar-refractivity contribution is -0.146. The predicted molar refractivity (Wildman–Crippen MR) is 211 cm³/mol. The van der Waals surface area contributed by atoms with Crippen molar-refractivity contribution >= 4 is 35.7 Å². The lowest BCUT2D eigenvalue weighted by Gasteiger charge is -2.30. The van der Waals surface area contributed by atoms with Crippen LogP contribution in [0.4, 0.5) is 4.79 Å². The van der Waals surface area contributed by atoms with Gasteiger partial charge in [0.2, 0.25) is 23.6 Å². The van der Waals surface area contributed by atoms with Crippen molar-refractivity contribution < 1.29 is 43.3 Å². The summed E-state index contributed by atoms with van der Waals surface area (Å²) in [5, 5.41) is 25.4. The second-order valence-corrected chi connectivity index (χ2v) is 16.5. The van der Waals surface area contributed by atoms with Crippen molar-refractivity contribution in [3.63, 3.8) is 0 Å². The molecule has 14 heteroatoms. The van der Waals surface area contributed by atoms with Crippen LogP contribution < -0.4 is 26.6 Å². The number of carbonyl (C=O) groups is 6. The van der Waals surface area contributed by atoms with E-state index in [0.717, 1.165) is 5.56 Å². The highest BCUT2D eigenvalue weighted by Crippen LogP contribution is 2.16. The summed E-state index contributed by atoms with van der Waals surface area (Å²) in [6, 6.07) is 4.86. The van der Waals surface area contributed by atoms with Crippen LogP contribution in [0.3, 0.4) is 0 Å². The molecule has 0 heterocycles. The number of benzene rings is 1. The van der Waals surface area contributed by atoms with Crippen LogP contribution in [0.1, 0.15) is 114 Å². The fourth-order valence-corrected chi connectivity index (χ4v) is 5.85. The number of hydrogen-bond acceptors (Lipinski definition) is 9. The zero-order valence-corrected chi connectivity index (χ0v) is 35.1. The van der Waals surface area contributed by atoms with Gasteiger partial charge in [-0.15, -0.1) is 0 Å². The molecular formula is C41H69N5O9. The molecule has 1 rings (SSSR count). The lowest BCUT2D eigenvalue weighted by atomic mass is 9.95. The first-order valence-corrected chi connectivity index (χ1v) is 19.6. The maximum Gasteiger partial charge on any atom is 0.408 e. The van der Waals surface area contributed by atoms with Gasteiger partial charge in [-0.2, -0.15) is 0 Å². The highest BCUT2D eigenvalue weighted by molar-refractivity contribution is 5.92. The number of esters is 1. The number of nitrogens with one attached hydrogen (secondary N) is 5. The van der Waals surface area contributed by atoms with Gasteiger partial charge in [0.1, 0.15) is 29.8 Å². The molecule has 0 bridgehead atoms. The lowest BCUT2D eigenvalue weighted by Crippen LogP contribution is -2.58. The van der Waals surface area contributed by atoms with E-state index in [1.54, 1.807) is 48.5 Å². The SMILES string of the molecule is CCC(C)C(NC(=O)CCCC(O)C(Cc1ccccc1)NC(=O)C(NC(=O)C(CC(C)C)NC(=O)OC(C)(C)C)C(C)C)C(=O)NC(C(=O)OC)C(C)C. The van der Waals surface area contributed by atoms with E-state index >= 15 is 0 Å². The zero-order valence-electron chi connectivity index (χ0n) is 35.1. The fraction of sp³-hybridized carbons (Fsp3) is 0.707.